The van der Waals surface area contributed by atoms with Crippen LogP contribution < -0.4 is 0 Å². The first kappa shape index (κ1) is 8.17. The van der Waals surface area contributed by atoms with Crippen LogP contribution in [-0.2, 0) is 4.79 Å². The van der Waals surface area contributed by atoms with Crippen molar-refractivity contribution >= 4 is 5.97 Å². The van der Waals surface area contributed by atoms with E-state index in [1.807, 2.05) is 0 Å². The lowest BCUT2D eigenvalue weighted by atomic mass is 10.2. The second-order valence-corrected chi connectivity index (χ2v) is 1.72. The lowest BCUT2D eigenvalue weighted by Crippen LogP contribution is -2.18. The zero-order valence-corrected chi connectivity index (χ0v) is 5.08. The van der Waals surface area contributed by atoms with Gasteiger partial charge in [-0.2, -0.15) is 0 Å². The average molecular weight is 130 g/mol. The highest BCUT2D eigenvalue weighted by Crippen LogP contribution is 1.96. The fourth-order valence-corrected chi connectivity index (χ4v) is 0.399. The van der Waals surface area contributed by atoms with Crippen molar-refractivity contribution in [2.24, 2.45) is 0 Å². The van der Waals surface area contributed by atoms with E-state index in [4.69, 9.17) is 10.2 Å². The standard InChI is InChI=1S/C6H10O3/c1-2-3-4-5(7)6(8)9/h2,5,7H,1,3-4H2,(H,8,9). The van der Waals surface area contributed by atoms with Crippen molar-refractivity contribution in [3.05, 3.63) is 12.7 Å². The van der Waals surface area contributed by atoms with Gasteiger partial charge in [-0.3, -0.25) is 0 Å². The predicted molar refractivity (Wildman–Crippen MR) is 33.1 cm³/mol. The Morgan fingerprint density at radius 2 is 2.33 bits per heavy atom. The second-order valence-electron chi connectivity index (χ2n) is 1.72. The summed E-state index contributed by atoms with van der Waals surface area (Å²) in [5.74, 6) is -1.17. The Morgan fingerprint density at radius 1 is 1.78 bits per heavy atom. The quantitative estimate of drug-likeness (QED) is 0.541. The zero-order valence-electron chi connectivity index (χ0n) is 5.08. The van der Waals surface area contributed by atoms with Gasteiger partial charge in [-0.05, 0) is 12.8 Å². The molecule has 0 rings (SSSR count). The molecule has 0 radical (unpaired) electrons. The normalized spacial score (nSPS) is 12.6. The minimum Gasteiger partial charge on any atom is -0.479 e. The van der Waals surface area contributed by atoms with E-state index in [1.165, 1.54) is 0 Å². The molecule has 0 amide bonds. The molecule has 2 N–H and O–H groups in total. The van der Waals surface area contributed by atoms with Gasteiger partial charge in [0.05, 0.1) is 0 Å². The van der Waals surface area contributed by atoms with Crippen molar-refractivity contribution in [2.45, 2.75) is 18.9 Å². The Bertz CT molecular complexity index is 109. The molecule has 0 aromatic carbocycles. The number of aliphatic hydroxyl groups excluding tert-OH is 1. The van der Waals surface area contributed by atoms with Crippen LogP contribution in [0.15, 0.2) is 12.7 Å². The molecule has 0 heterocycles. The fourth-order valence-electron chi connectivity index (χ4n) is 0.399. The van der Waals surface area contributed by atoms with Crippen LogP contribution in [-0.4, -0.2) is 22.3 Å². The van der Waals surface area contributed by atoms with E-state index in [9.17, 15) is 4.79 Å². The van der Waals surface area contributed by atoms with E-state index >= 15 is 0 Å². The number of allylic oxidation sites excluding steroid dienone is 1. The molecule has 0 aromatic heterocycles. The number of carboxylic acids is 1. The SMILES string of the molecule is C=CCCC(O)C(=O)O. The van der Waals surface area contributed by atoms with Gasteiger partial charge in [-0.15, -0.1) is 6.58 Å². The first-order chi connectivity index (χ1) is 4.18. The van der Waals surface area contributed by atoms with E-state index in [1.54, 1.807) is 6.08 Å². The molecular weight excluding hydrogens is 120 g/mol. The average Bonchev–Trinajstić information content (AvgIpc) is 1.82. The predicted octanol–water partition coefficient (Wildman–Crippen LogP) is 0.398. The maximum atomic E-state index is 9.92. The van der Waals surface area contributed by atoms with Gasteiger partial charge in [0.2, 0.25) is 0 Å². The number of rotatable bonds is 4. The van der Waals surface area contributed by atoms with Gasteiger partial charge >= 0.3 is 5.97 Å². The van der Waals surface area contributed by atoms with Crippen LogP contribution in [0.1, 0.15) is 12.8 Å². The Labute approximate surface area is 53.6 Å². The number of aliphatic carboxylic acids is 1. The fraction of sp³-hybridized carbons (Fsp3) is 0.500. The van der Waals surface area contributed by atoms with E-state index in [0.717, 1.165) is 0 Å². The van der Waals surface area contributed by atoms with E-state index in [0.29, 0.717) is 6.42 Å². The van der Waals surface area contributed by atoms with Crippen LogP contribution in [0, 0.1) is 0 Å². The zero-order chi connectivity index (χ0) is 7.28. The summed E-state index contributed by atoms with van der Waals surface area (Å²) in [4.78, 5) is 9.92. The van der Waals surface area contributed by atoms with Crippen molar-refractivity contribution in [2.75, 3.05) is 0 Å². The summed E-state index contributed by atoms with van der Waals surface area (Å²) in [6.07, 6.45) is 1.13. The Hall–Kier alpha value is -0.830. The summed E-state index contributed by atoms with van der Waals surface area (Å²) in [6, 6.07) is 0. The molecular formula is C6H10O3. The number of aliphatic hydroxyl groups is 1. The molecule has 0 fully saturated rings. The van der Waals surface area contributed by atoms with Crippen LogP contribution in [0.5, 0.6) is 0 Å². The van der Waals surface area contributed by atoms with E-state index in [-0.39, 0.29) is 6.42 Å². The maximum Gasteiger partial charge on any atom is 0.332 e. The summed E-state index contributed by atoms with van der Waals surface area (Å²) >= 11 is 0. The maximum absolute atomic E-state index is 9.92. The highest BCUT2D eigenvalue weighted by molar-refractivity contribution is 5.71. The van der Waals surface area contributed by atoms with Gasteiger partial charge in [0.15, 0.2) is 6.10 Å². The molecule has 0 spiro atoms. The minimum absolute atomic E-state index is 0.249. The summed E-state index contributed by atoms with van der Waals surface area (Å²) in [5, 5.41) is 16.7. The van der Waals surface area contributed by atoms with Gasteiger partial charge in [0.25, 0.3) is 0 Å². The molecule has 3 nitrogen and oxygen atoms in total. The third-order valence-electron chi connectivity index (χ3n) is 0.929. The highest BCUT2D eigenvalue weighted by Gasteiger charge is 2.10. The number of hydrogen-bond acceptors (Lipinski definition) is 2. The van der Waals surface area contributed by atoms with Crippen LogP contribution in [0.2, 0.25) is 0 Å². The smallest absolute Gasteiger partial charge is 0.332 e. The molecule has 3 heteroatoms. The van der Waals surface area contributed by atoms with Crippen molar-refractivity contribution in [1.82, 2.24) is 0 Å². The van der Waals surface area contributed by atoms with Gasteiger partial charge < -0.3 is 10.2 Å². The first-order valence-electron chi connectivity index (χ1n) is 2.70. The lowest BCUT2D eigenvalue weighted by molar-refractivity contribution is -0.146. The minimum atomic E-state index is -1.23. The van der Waals surface area contributed by atoms with E-state index < -0.39 is 12.1 Å². The van der Waals surface area contributed by atoms with E-state index in [2.05, 4.69) is 6.58 Å². The summed E-state index contributed by atoms with van der Waals surface area (Å²) in [7, 11) is 0. The van der Waals surface area contributed by atoms with Gasteiger partial charge in [0.1, 0.15) is 0 Å². The Balaban J connectivity index is 3.37. The molecule has 9 heavy (non-hydrogen) atoms. The topological polar surface area (TPSA) is 57.5 Å². The third kappa shape index (κ3) is 3.73. The molecule has 1 unspecified atom stereocenters. The van der Waals surface area contributed by atoms with Crippen molar-refractivity contribution in [3.63, 3.8) is 0 Å². The monoisotopic (exact) mass is 130 g/mol. The molecule has 1 atom stereocenters. The van der Waals surface area contributed by atoms with Crippen molar-refractivity contribution in [1.29, 1.82) is 0 Å². The van der Waals surface area contributed by atoms with Crippen LogP contribution >= 0.6 is 0 Å². The molecule has 0 saturated carbocycles. The molecule has 0 aliphatic carbocycles. The Kier molecular flexibility index (Phi) is 3.71. The van der Waals surface area contributed by atoms with Crippen LogP contribution in [0.4, 0.5) is 0 Å². The highest BCUT2D eigenvalue weighted by atomic mass is 16.4. The Morgan fingerprint density at radius 3 is 2.67 bits per heavy atom. The lowest BCUT2D eigenvalue weighted by Gasteiger charge is -1.99. The van der Waals surface area contributed by atoms with Crippen LogP contribution in [0.3, 0.4) is 0 Å². The second kappa shape index (κ2) is 4.09. The molecule has 0 bridgehead atoms. The van der Waals surface area contributed by atoms with Gasteiger partial charge in [-0.25, -0.2) is 4.79 Å². The molecule has 0 saturated heterocycles. The first-order valence-corrected chi connectivity index (χ1v) is 2.70. The summed E-state index contributed by atoms with van der Waals surface area (Å²) in [6.45, 7) is 3.39. The molecule has 52 valence electrons. The molecule has 0 aliphatic heterocycles. The number of carbonyl (C=O) groups is 1. The summed E-state index contributed by atoms with van der Waals surface area (Å²) < 4.78 is 0. The summed E-state index contributed by atoms with van der Waals surface area (Å²) in [5.41, 5.74) is 0. The van der Waals surface area contributed by atoms with Crippen molar-refractivity contribution < 1.29 is 15.0 Å². The van der Waals surface area contributed by atoms with Gasteiger partial charge in [-0.1, -0.05) is 6.08 Å². The number of carboxylic acid groups (broad SMARTS) is 1. The molecule has 0 aliphatic rings. The number of hydrogen-bond donors (Lipinski definition) is 2. The van der Waals surface area contributed by atoms with Crippen molar-refractivity contribution in [3.8, 4) is 0 Å². The third-order valence-corrected chi connectivity index (χ3v) is 0.929. The van der Waals surface area contributed by atoms with Crippen LogP contribution in [0.25, 0.3) is 0 Å². The van der Waals surface area contributed by atoms with Gasteiger partial charge in [0, 0.05) is 0 Å². The largest absolute Gasteiger partial charge is 0.479 e. The molecule has 0 aromatic rings.